The second kappa shape index (κ2) is 7.12. The number of nitrogens with two attached hydrogens (primary N) is 1. The molecule has 1 aromatic rings. The molecule has 0 aromatic heterocycles. The number of carbonyl (C=O) groups is 2. The Bertz CT molecular complexity index is 658. The molecule has 0 aliphatic carbocycles. The van der Waals surface area contributed by atoms with Crippen LogP contribution in [0.1, 0.15) is 5.56 Å². The van der Waals surface area contributed by atoms with E-state index in [4.69, 9.17) is 5.14 Å². The normalized spacial score (nSPS) is 18.6. The van der Waals surface area contributed by atoms with Crippen molar-refractivity contribution in [3.05, 3.63) is 29.8 Å². The van der Waals surface area contributed by atoms with E-state index >= 15 is 0 Å². The van der Waals surface area contributed by atoms with Gasteiger partial charge >= 0.3 is 0 Å². The number of nitrogens with one attached hydrogen (secondary N) is 2. The van der Waals surface area contributed by atoms with Crippen molar-refractivity contribution in [2.24, 2.45) is 5.14 Å². The van der Waals surface area contributed by atoms with E-state index in [-0.39, 0.29) is 16.7 Å². The summed E-state index contributed by atoms with van der Waals surface area (Å²) in [6.07, 6.45) is 0.560. The Hall–Kier alpha value is -1.58. The fourth-order valence-electron chi connectivity index (χ4n) is 1.99. The summed E-state index contributed by atoms with van der Waals surface area (Å²) in [5.74, 6) is 0.623. The Kier molecular flexibility index (Phi) is 5.43. The van der Waals surface area contributed by atoms with Gasteiger partial charge in [0.1, 0.15) is 6.04 Å². The van der Waals surface area contributed by atoms with Crippen molar-refractivity contribution in [2.75, 3.05) is 18.1 Å². The van der Waals surface area contributed by atoms with Crippen LogP contribution in [0.5, 0.6) is 0 Å². The number of carbonyl (C=O) groups excluding carboxylic acids is 2. The molecule has 1 aliphatic rings. The van der Waals surface area contributed by atoms with Gasteiger partial charge in [-0.15, -0.1) is 11.8 Å². The number of amides is 2. The molecule has 0 spiro atoms. The molecule has 1 unspecified atom stereocenters. The van der Waals surface area contributed by atoms with E-state index in [0.29, 0.717) is 24.5 Å². The van der Waals surface area contributed by atoms with Crippen molar-refractivity contribution < 1.29 is 18.0 Å². The van der Waals surface area contributed by atoms with Gasteiger partial charge in [0.2, 0.25) is 21.8 Å². The fourth-order valence-corrected chi connectivity index (χ4v) is 3.36. The number of thioether (sulfide) groups is 1. The molecule has 1 saturated heterocycles. The summed E-state index contributed by atoms with van der Waals surface area (Å²) in [4.78, 5) is 23.2. The molecule has 1 atom stereocenters. The monoisotopic (exact) mass is 343 g/mol. The molecule has 2 rings (SSSR count). The van der Waals surface area contributed by atoms with Gasteiger partial charge in [-0.05, 0) is 24.1 Å². The first kappa shape index (κ1) is 16.8. The molecule has 0 bridgehead atoms. The first-order chi connectivity index (χ1) is 10.4. The highest BCUT2D eigenvalue weighted by molar-refractivity contribution is 8.00. The number of rotatable bonds is 5. The van der Waals surface area contributed by atoms with E-state index in [1.807, 2.05) is 0 Å². The lowest BCUT2D eigenvalue weighted by molar-refractivity contribution is -0.127. The lowest BCUT2D eigenvalue weighted by Gasteiger charge is -2.22. The third-order valence-electron chi connectivity index (χ3n) is 3.13. The largest absolute Gasteiger partial charge is 0.354 e. The number of hydrogen-bond donors (Lipinski definition) is 3. The Morgan fingerprint density at radius 1 is 1.36 bits per heavy atom. The maximum absolute atomic E-state index is 11.9. The van der Waals surface area contributed by atoms with E-state index < -0.39 is 16.1 Å². The van der Waals surface area contributed by atoms with Gasteiger partial charge in [-0.25, -0.2) is 13.6 Å². The summed E-state index contributed by atoms with van der Waals surface area (Å²) >= 11 is 1.43. The van der Waals surface area contributed by atoms with Gasteiger partial charge in [-0.1, -0.05) is 12.1 Å². The van der Waals surface area contributed by atoms with Crippen LogP contribution in [0.25, 0.3) is 0 Å². The number of hydrogen-bond acceptors (Lipinski definition) is 5. The summed E-state index contributed by atoms with van der Waals surface area (Å²) in [6, 6.07) is 5.69. The maximum Gasteiger partial charge on any atom is 0.243 e. The molecule has 1 fully saturated rings. The Labute approximate surface area is 133 Å². The summed E-state index contributed by atoms with van der Waals surface area (Å²) in [5.41, 5.74) is 0.884. The Morgan fingerprint density at radius 2 is 2.05 bits per heavy atom. The van der Waals surface area contributed by atoms with Crippen LogP contribution in [0.3, 0.4) is 0 Å². The molecular formula is C13H17N3O4S2. The maximum atomic E-state index is 11.9. The number of primary sulfonamides is 1. The molecule has 1 heterocycles. The standard InChI is InChI=1S/C13H17N3O4S2/c14-22(19,20)10-3-1-9(2-4-10)5-6-15-13(18)11-7-21-8-12(17)16-11/h1-4,11H,5-8H2,(H,15,18)(H,16,17)(H2,14,19,20). The van der Waals surface area contributed by atoms with Crippen molar-refractivity contribution >= 4 is 33.6 Å². The van der Waals surface area contributed by atoms with Gasteiger partial charge in [0.15, 0.2) is 0 Å². The number of benzene rings is 1. The topological polar surface area (TPSA) is 118 Å². The Morgan fingerprint density at radius 3 is 2.64 bits per heavy atom. The van der Waals surface area contributed by atoms with Crippen LogP contribution >= 0.6 is 11.8 Å². The minimum Gasteiger partial charge on any atom is -0.354 e. The molecule has 0 radical (unpaired) electrons. The smallest absolute Gasteiger partial charge is 0.243 e. The molecule has 1 aliphatic heterocycles. The predicted molar refractivity (Wildman–Crippen MR) is 83.8 cm³/mol. The summed E-state index contributed by atoms with van der Waals surface area (Å²) < 4.78 is 22.3. The molecule has 2 amide bonds. The van der Waals surface area contributed by atoms with E-state index in [1.54, 1.807) is 12.1 Å². The summed E-state index contributed by atoms with van der Waals surface area (Å²) in [7, 11) is -3.69. The van der Waals surface area contributed by atoms with Crippen molar-refractivity contribution in [1.82, 2.24) is 10.6 Å². The quantitative estimate of drug-likeness (QED) is 0.648. The second-order valence-corrected chi connectivity index (χ2v) is 7.46. The van der Waals surface area contributed by atoms with Crippen LogP contribution in [-0.4, -0.2) is 44.3 Å². The first-order valence-electron chi connectivity index (χ1n) is 6.63. The summed E-state index contributed by atoms with van der Waals surface area (Å²) in [5, 5.41) is 10.4. The van der Waals surface area contributed by atoms with Crippen LogP contribution in [-0.2, 0) is 26.0 Å². The zero-order valence-corrected chi connectivity index (χ0v) is 13.4. The van der Waals surface area contributed by atoms with Gasteiger partial charge in [-0.3, -0.25) is 9.59 Å². The molecule has 22 heavy (non-hydrogen) atoms. The van der Waals surface area contributed by atoms with E-state index in [1.165, 1.54) is 23.9 Å². The van der Waals surface area contributed by atoms with Crippen LogP contribution in [0.2, 0.25) is 0 Å². The zero-order chi connectivity index (χ0) is 16.2. The van der Waals surface area contributed by atoms with Crippen molar-refractivity contribution in [1.29, 1.82) is 0 Å². The fraction of sp³-hybridized carbons (Fsp3) is 0.385. The van der Waals surface area contributed by atoms with Crippen molar-refractivity contribution in [3.8, 4) is 0 Å². The molecule has 1 aromatic carbocycles. The highest BCUT2D eigenvalue weighted by atomic mass is 32.2. The molecule has 0 saturated carbocycles. The average molecular weight is 343 g/mol. The van der Waals surface area contributed by atoms with Crippen LogP contribution in [0.4, 0.5) is 0 Å². The van der Waals surface area contributed by atoms with Gasteiger partial charge in [0, 0.05) is 12.3 Å². The van der Waals surface area contributed by atoms with E-state index in [2.05, 4.69) is 10.6 Å². The Balaban J connectivity index is 1.81. The van der Waals surface area contributed by atoms with Gasteiger partial charge in [0.25, 0.3) is 0 Å². The third-order valence-corrected chi connectivity index (χ3v) is 5.10. The molecule has 120 valence electrons. The highest BCUT2D eigenvalue weighted by Crippen LogP contribution is 2.10. The minimum atomic E-state index is -3.69. The highest BCUT2D eigenvalue weighted by Gasteiger charge is 2.24. The van der Waals surface area contributed by atoms with E-state index in [0.717, 1.165) is 5.56 Å². The number of sulfonamides is 1. The van der Waals surface area contributed by atoms with Crippen molar-refractivity contribution in [3.63, 3.8) is 0 Å². The lowest BCUT2D eigenvalue weighted by atomic mass is 10.1. The van der Waals surface area contributed by atoms with Gasteiger partial charge in [-0.2, -0.15) is 0 Å². The predicted octanol–water partition coefficient (Wildman–Crippen LogP) is -0.776. The first-order valence-corrected chi connectivity index (χ1v) is 9.33. The van der Waals surface area contributed by atoms with Crippen molar-refractivity contribution in [2.45, 2.75) is 17.4 Å². The molecule has 7 nitrogen and oxygen atoms in total. The van der Waals surface area contributed by atoms with Gasteiger partial charge < -0.3 is 10.6 Å². The lowest BCUT2D eigenvalue weighted by Crippen LogP contribution is -2.51. The third kappa shape index (κ3) is 4.72. The molecule has 9 heteroatoms. The molecule has 4 N–H and O–H groups in total. The molecular weight excluding hydrogens is 326 g/mol. The average Bonchev–Trinajstić information content (AvgIpc) is 2.47. The van der Waals surface area contributed by atoms with Crippen LogP contribution < -0.4 is 15.8 Å². The van der Waals surface area contributed by atoms with Crippen LogP contribution in [0.15, 0.2) is 29.2 Å². The van der Waals surface area contributed by atoms with Gasteiger partial charge in [0.05, 0.1) is 10.6 Å². The van der Waals surface area contributed by atoms with Crippen LogP contribution in [0, 0.1) is 0 Å². The second-order valence-electron chi connectivity index (χ2n) is 4.87. The SMILES string of the molecule is NS(=O)(=O)c1ccc(CCNC(=O)C2CSCC(=O)N2)cc1. The minimum absolute atomic E-state index is 0.0576. The summed E-state index contributed by atoms with van der Waals surface area (Å²) in [6.45, 7) is 0.407. The van der Waals surface area contributed by atoms with E-state index in [9.17, 15) is 18.0 Å². The zero-order valence-electron chi connectivity index (χ0n) is 11.7.